The molecule has 1 saturated heterocycles. The molecule has 1 heterocycles. The normalized spacial score (nSPS) is 16.9. The molecule has 20 heavy (non-hydrogen) atoms. The van der Waals surface area contributed by atoms with Crippen molar-refractivity contribution < 1.29 is 24.1 Å². The van der Waals surface area contributed by atoms with Crippen molar-refractivity contribution in [3.63, 3.8) is 0 Å². The number of carbonyl (C=O) groups excluding carboxylic acids is 1. The Labute approximate surface area is 117 Å². The predicted octanol–water partition coefficient (Wildman–Crippen LogP) is 1.04. The van der Waals surface area contributed by atoms with Crippen LogP contribution in [-0.4, -0.2) is 43.4 Å². The van der Waals surface area contributed by atoms with Crippen LogP contribution in [0.5, 0.6) is 0 Å². The van der Waals surface area contributed by atoms with Crippen LogP contribution in [0.4, 0.5) is 4.79 Å². The van der Waals surface area contributed by atoms with Gasteiger partial charge in [-0.3, -0.25) is 0 Å². The maximum absolute atomic E-state index is 11.6. The van der Waals surface area contributed by atoms with Crippen LogP contribution in [0.3, 0.4) is 0 Å². The Morgan fingerprint density at radius 3 is 2.70 bits per heavy atom. The average molecular weight is 281 g/mol. The van der Waals surface area contributed by atoms with E-state index in [-0.39, 0.29) is 19.5 Å². The SMILES string of the molecule is O=C(N[C@H](CO)CC1OCCO1)OCc1ccccc1. The van der Waals surface area contributed by atoms with Crippen LogP contribution in [0.2, 0.25) is 0 Å². The maximum atomic E-state index is 11.6. The van der Waals surface area contributed by atoms with Crippen LogP contribution in [-0.2, 0) is 20.8 Å². The van der Waals surface area contributed by atoms with Crippen molar-refractivity contribution in [1.29, 1.82) is 0 Å². The molecule has 1 fully saturated rings. The molecule has 0 radical (unpaired) electrons. The summed E-state index contributed by atoms with van der Waals surface area (Å²) in [4.78, 5) is 11.6. The molecule has 6 heteroatoms. The summed E-state index contributed by atoms with van der Waals surface area (Å²) in [6.45, 7) is 1.09. The number of alkyl carbamates (subject to hydrolysis) is 1. The zero-order valence-corrected chi connectivity index (χ0v) is 11.2. The van der Waals surface area contributed by atoms with Crippen LogP contribution >= 0.6 is 0 Å². The summed E-state index contributed by atoms with van der Waals surface area (Å²) in [7, 11) is 0. The largest absolute Gasteiger partial charge is 0.445 e. The van der Waals surface area contributed by atoms with Crippen molar-refractivity contribution in [2.75, 3.05) is 19.8 Å². The third-order valence-corrected chi connectivity index (χ3v) is 2.92. The van der Waals surface area contributed by atoms with Gasteiger partial charge in [0.1, 0.15) is 6.61 Å². The molecule has 1 aromatic rings. The summed E-state index contributed by atoms with van der Waals surface area (Å²) in [5.74, 6) is 0. The highest BCUT2D eigenvalue weighted by molar-refractivity contribution is 5.67. The van der Waals surface area contributed by atoms with Crippen molar-refractivity contribution in [2.45, 2.75) is 25.4 Å². The number of nitrogens with one attached hydrogen (secondary N) is 1. The standard InChI is InChI=1S/C14H19NO5/c16-9-12(8-13-18-6-7-19-13)15-14(17)20-10-11-4-2-1-3-5-11/h1-5,12-13,16H,6-10H2,(H,15,17)/t12-/m0/s1. The summed E-state index contributed by atoms with van der Waals surface area (Å²) in [5.41, 5.74) is 0.908. The summed E-state index contributed by atoms with van der Waals surface area (Å²) < 4.78 is 15.6. The number of aliphatic hydroxyl groups excluding tert-OH is 1. The molecule has 0 unspecified atom stereocenters. The quantitative estimate of drug-likeness (QED) is 0.814. The van der Waals surface area contributed by atoms with Crippen molar-refractivity contribution in [3.8, 4) is 0 Å². The molecular weight excluding hydrogens is 262 g/mol. The van der Waals surface area contributed by atoms with Gasteiger partial charge < -0.3 is 24.6 Å². The van der Waals surface area contributed by atoms with Gasteiger partial charge in [-0.25, -0.2) is 4.79 Å². The van der Waals surface area contributed by atoms with Gasteiger partial charge in [0.25, 0.3) is 0 Å². The molecule has 0 spiro atoms. The minimum atomic E-state index is -0.564. The monoisotopic (exact) mass is 281 g/mol. The third-order valence-electron chi connectivity index (χ3n) is 2.92. The smallest absolute Gasteiger partial charge is 0.407 e. The van der Waals surface area contributed by atoms with Crippen LogP contribution < -0.4 is 5.32 Å². The van der Waals surface area contributed by atoms with E-state index >= 15 is 0 Å². The fourth-order valence-corrected chi connectivity index (χ4v) is 1.89. The van der Waals surface area contributed by atoms with Gasteiger partial charge in [-0.15, -0.1) is 0 Å². The minimum Gasteiger partial charge on any atom is -0.445 e. The van der Waals surface area contributed by atoms with Crippen LogP contribution in [0.1, 0.15) is 12.0 Å². The molecule has 6 nitrogen and oxygen atoms in total. The molecule has 1 atom stereocenters. The molecule has 0 aromatic heterocycles. The zero-order valence-electron chi connectivity index (χ0n) is 11.2. The molecule has 0 saturated carbocycles. The summed E-state index contributed by atoms with van der Waals surface area (Å²) in [5, 5.41) is 11.8. The van der Waals surface area contributed by atoms with Gasteiger partial charge in [0.15, 0.2) is 6.29 Å². The van der Waals surface area contributed by atoms with Gasteiger partial charge in [-0.05, 0) is 5.56 Å². The number of carbonyl (C=O) groups is 1. The molecule has 0 bridgehead atoms. The Bertz CT molecular complexity index is 405. The predicted molar refractivity (Wildman–Crippen MR) is 70.9 cm³/mol. The Morgan fingerprint density at radius 1 is 1.35 bits per heavy atom. The van der Waals surface area contributed by atoms with E-state index in [0.717, 1.165) is 5.56 Å². The van der Waals surface area contributed by atoms with E-state index in [9.17, 15) is 9.90 Å². The first-order chi connectivity index (χ1) is 9.78. The second kappa shape index (κ2) is 7.84. The molecule has 2 N–H and O–H groups in total. The van der Waals surface area contributed by atoms with Crippen LogP contribution in [0.15, 0.2) is 30.3 Å². The Morgan fingerprint density at radius 2 is 2.05 bits per heavy atom. The summed E-state index contributed by atoms with van der Waals surface area (Å²) >= 11 is 0. The first-order valence-electron chi connectivity index (χ1n) is 6.59. The molecule has 1 aliphatic rings. The van der Waals surface area contributed by atoms with E-state index in [4.69, 9.17) is 14.2 Å². The Balaban J connectivity index is 1.71. The lowest BCUT2D eigenvalue weighted by Crippen LogP contribution is -2.40. The summed E-state index contributed by atoms with van der Waals surface area (Å²) in [6, 6.07) is 8.95. The molecule has 0 aliphatic carbocycles. The van der Waals surface area contributed by atoms with E-state index in [1.165, 1.54) is 0 Å². The van der Waals surface area contributed by atoms with E-state index in [1.54, 1.807) is 0 Å². The molecule has 1 aromatic carbocycles. The average Bonchev–Trinajstić information content (AvgIpc) is 2.98. The van der Waals surface area contributed by atoms with Gasteiger partial charge in [0.05, 0.1) is 25.9 Å². The number of ether oxygens (including phenoxy) is 3. The first-order valence-corrected chi connectivity index (χ1v) is 6.59. The third kappa shape index (κ3) is 4.80. The number of hydrogen-bond acceptors (Lipinski definition) is 5. The Hall–Kier alpha value is -1.63. The highest BCUT2D eigenvalue weighted by Crippen LogP contribution is 2.10. The number of hydrogen-bond donors (Lipinski definition) is 2. The van der Waals surface area contributed by atoms with Crippen LogP contribution in [0, 0.1) is 0 Å². The van der Waals surface area contributed by atoms with Crippen LogP contribution in [0.25, 0.3) is 0 Å². The van der Waals surface area contributed by atoms with E-state index in [2.05, 4.69) is 5.32 Å². The first kappa shape index (κ1) is 14.8. The minimum absolute atomic E-state index is 0.191. The lowest BCUT2D eigenvalue weighted by Gasteiger charge is -2.19. The lowest BCUT2D eigenvalue weighted by molar-refractivity contribution is -0.0556. The van der Waals surface area contributed by atoms with Gasteiger partial charge in [-0.1, -0.05) is 30.3 Å². The van der Waals surface area contributed by atoms with Gasteiger partial charge >= 0.3 is 6.09 Å². The topological polar surface area (TPSA) is 77.0 Å². The van der Waals surface area contributed by atoms with Gasteiger partial charge in [0.2, 0.25) is 0 Å². The lowest BCUT2D eigenvalue weighted by atomic mass is 10.2. The Kier molecular flexibility index (Phi) is 5.79. The molecule has 1 aliphatic heterocycles. The molecular formula is C14H19NO5. The molecule has 110 valence electrons. The van der Waals surface area contributed by atoms with Crippen molar-refractivity contribution in [1.82, 2.24) is 5.32 Å². The second-order valence-corrected chi connectivity index (χ2v) is 4.49. The van der Waals surface area contributed by atoms with Crippen molar-refractivity contribution >= 4 is 6.09 Å². The van der Waals surface area contributed by atoms with Crippen molar-refractivity contribution in [2.24, 2.45) is 0 Å². The number of benzene rings is 1. The number of aliphatic hydroxyl groups is 1. The highest BCUT2D eigenvalue weighted by Gasteiger charge is 2.22. The highest BCUT2D eigenvalue weighted by atomic mass is 16.7. The number of rotatable bonds is 6. The second-order valence-electron chi connectivity index (χ2n) is 4.49. The fraction of sp³-hybridized carbons (Fsp3) is 0.500. The zero-order chi connectivity index (χ0) is 14.2. The van der Waals surface area contributed by atoms with Gasteiger partial charge in [-0.2, -0.15) is 0 Å². The fourth-order valence-electron chi connectivity index (χ4n) is 1.89. The molecule has 2 rings (SSSR count). The van der Waals surface area contributed by atoms with E-state index < -0.39 is 12.1 Å². The molecule has 1 amide bonds. The summed E-state index contributed by atoms with van der Waals surface area (Å²) in [6.07, 6.45) is -0.538. The van der Waals surface area contributed by atoms with E-state index in [1.807, 2.05) is 30.3 Å². The van der Waals surface area contributed by atoms with Gasteiger partial charge in [0, 0.05) is 6.42 Å². The number of amides is 1. The van der Waals surface area contributed by atoms with Crippen molar-refractivity contribution in [3.05, 3.63) is 35.9 Å². The maximum Gasteiger partial charge on any atom is 0.407 e. The van der Waals surface area contributed by atoms with E-state index in [0.29, 0.717) is 19.6 Å².